The molecule has 7 heteroatoms. The number of carbonyl (C=O) groups is 2. The summed E-state index contributed by atoms with van der Waals surface area (Å²) in [6.45, 7) is 1.51. The minimum atomic E-state index is -0.924. The van der Waals surface area contributed by atoms with Crippen LogP contribution < -0.4 is 5.32 Å². The van der Waals surface area contributed by atoms with E-state index in [9.17, 15) is 9.59 Å². The summed E-state index contributed by atoms with van der Waals surface area (Å²) in [5.41, 5.74) is 0. The standard InChI is InChI=1S/C15H16Cl2N2O3/c1-9(22-15(21)10-5-3-2-4-6-10)14(20)19-13-12(17)7-11(16)8-18-13/h2-3,7-10H,4-6H2,1H3,(H,18,19,20)/t9-,10-/m1/s1. The van der Waals surface area contributed by atoms with Crippen molar-refractivity contribution >= 4 is 40.9 Å². The lowest BCUT2D eigenvalue weighted by Crippen LogP contribution is -2.32. The molecule has 2 rings (SSSR count). The Bertz CT molecular complexity index is 604. The molecule has 0 radical (unpaired) electrons. The summed E-state index contributed by atoms with van der Waals surface area (Å²) < 4.78 is 5.21. The smallest absolute Gasteiger partial charge is 0.310 e. The quantitative estimate of drug-likeness (QED) is 0.670. The van der Waals surface area contributed by atoms with E-state index in [2.05, 4.69) is 10.3 Å². The number of hydrogen-bond donors (Lipinski definition) is 1. The van der Waals surface area contributed by atoms with Gasteiger partial charge in [-0.25, -0.2) is 4.98 Å². The predicted octanol–water partition coefficient (Wildman–Crippen LogP) is 3.61. The number of carbonyl (C=O) groups excluding carboxylic acids is 2. The second kappa shape index (κ2) is 7.61. The van der Waals surface area contributed by atoms with Crippen molar-refractivity contribution in [3.05, 3.63) is 34.5 Å². The fourth-order valence-electron chi connectivity index (χ4n) is 2.06. The molecule has 0 fully saturated rings. The highest BCUT2D eigenvalue weighted by molar-refractivity contribution is 6.36. The second-order valence-corrected chi connectivity index (χ2v) is 5.88. The van der Waals surface area contributed by atoms with Gasteiger partial charge in [-0.2, -0.15) is 0 Å². The molecule has 1 aliphatic rings. The molecule has 0 aromatic carbocycles. The largest absolute Gasteiger partial charge is 0.452 e. The van der Waals surface area contributed by atoms with Crippen molar-refractivity contribution in [2.45, 2.75) is 32.3 Å². The van der Waals surface area contributed by atoms with Crippen LogP contribution in [0.4, 0.5) is 5.82 Å². The van der Waals surface area contributed by atoms with Crippen LogP contribution in [0.25, 0.3) is 0 Å². The SMILES string of the molecule is C[C@@H](OC(=O)[C@@H]1CC=CCC1)C(=O)Nc1ncc(Cl)cc1Cl. The number of nitrogens with one attached hydrogen (secondary N) is 1. The van der Waals surface area contributed by atoms with Crippen molar-refractivity contribution < 1.29 is 14.3 Å². The van der Waals surface area contributed by atoms with Gasteiger partial charge in [0.25, 0.3) is 5.91 Å². The second-order valence-electron chi connectivity index (χ2n) is 5.03. The maximum absolute atomic E-state index is 12.0. The number of hydrogen-bond acceptors (Lipinski definition) is 4. The lowest BCUT2D eigenvalue weighted by Gasteiger charge is -2.19. The van der Waals surface area contributed by atoms with Crippen molar-refractivity contribution in [1.82, 2.24) is 4.98 Å². The van der Waals surface area contributed by atoms with Crippen LogP contribution in [0, 0.1) is 5.92 Å². The van der Waals surface area contributed by atoms with Crippen LogP contribution in [-0.2, 0) is 14.3 Å². The maximum Gasteiger partial charge on any atom is 0.310 e. The molecule has 0 bridgehead atoms. The Morgan fingerprint density at radius 2 is 2.18 bits per heavy atom. The summed E-state index contributed by atoms with van der Waals surface area (Å²) in [6, 6.07) is 1.47. The third-order valence-corrected chi connectivity index (χ3v) is 3.81. The van der Waals surface area contributed by atoms with Crippen LogP contribution in [0.5, 0.6) is 0 Å². The molecule has 1 aliphatic carbocycles. The van der Waals surface area contributed by atoms with Gasteiger partial charge in [-0.05, 0) is 32.3 Å². The van der Waals surface area contributed by atoms with Crippen molar-refractivity contribution in [1.29, 1.82) is 0 Å². The molecule has 1 amide bonds. The summed E-state index contributed by atoms with van der Waals surface area (Å²) in [6.07, 6.45) is 6.68. The molecule has 5 nitrogen and oxygen atoms in total. The zero-order chi connectivity index (χ0) is 16.1. The molecular formula is C15H16Cl2N2O3. The van der Waals surface area contributed by atoms with Gasteiger partial charge in [0, 0.05) is 6.20 Å². The Labute approximate surface area is 138 Å². The molecule has 2 atom stereocenters. The van der Waals surface area contributed by atoms with Crippen LogP contribution in [-0.4, -0.2) is 23.0 Å². The van der Waals surface area contributed by atoms with Crippen molar-refractivity contribution in [3.63, 3.8) is 0 Å². The predicted molar refractivity (Wildman–Crippen MR) is 84.9 cm³/mol. The first-order valence-electron chi connectivity index (χ1n) is 6.94. The minimum Gasteiger partial charge on any atom is -0.452 e. The van der Waals surface area contributed by atoms with Gasteiger partial charge in [0.1, 0.15) is 0 Å². The van der Waals surface area contributed by atoms with Gasteiger partial charge in [-0.15, -0.1) is 0 Å². The molecule has 0 saturated carbocycles. The van der Waals surface area contributed by atoms with Crippen LogP contribution in [0.2, 0.25) is 10.0 Å². The van der Waals surface area contributed by atoms with E-state index in [4.69, 9.17) is 27.9 Å². The van der Waals surface area contributed by atoms with E-state index in [1.807, 2.05) is 12.2 Å². The molecule has 0 spiro atoms. The fraction of sp³-hybridized carbons (Fsp3) is 0.400. The van der Waals surface area contributed by atoms with E-state index in [1.165, 1.54) is 19.2 Å². The fourth-order valence-corrected chi connectivity index (χ4v) is 2.48. The van der Waals surface area contributed by atoms with Gasteiger partial charge < -0.3 is 10.1 Å². The summed E-state index contributed by atoms with van der Waals surface area (Å²) in [5.74, 6) is -0.851. The topological polar surface area (TPSA) is 68.3 Å². The van der Waals surface area contributed by atoms with Gasteiger partial charge in [-0.3, -0.25) is 9.59 Å². The first-order chi connectivity index (χ1) is 10.5. The first-order valence-corrected chi connectivity index (χ1v) is 7.70. The van der Waals surface area contributed by atoms with Gasteiger partial charge in [0.15, 0.2) is 11.9 Å². The third-order valence-electron chi connectivity index (χ3n) is 3.31. The van der Waals surface area contributed by atoms with Gasteiger partial charge in [-0.1, -0.05) is 35.4 Å². The average molecular weight is 343 g/mol. The number of aromatic nitrogens is 1. The molecule has 1 aromatic rings. The van der Waals surface area contributed by atoms with E-state index >= 15 is 0 Å². The van der Waals surface area contributed by atoms with E-state index in [-0.39, 0.29) is 22.7 Å². The molecule has 22 heavy (non-hydrogen) atoms. The highest BCUT2D eigenvalue weighted by Gasteiger charge is 2.25. The van der Waals surface area contributed by atoms with Crippen LogP contribution in [0.1, 0.15) is 26.2 Å². The molecular weight excluding hydrogens is 327 g/mol. The lowest BCUT2D eigenvalue weighted by atomic mass is 9.95. The van der Waals surface area contributed by atoms with Crippen molar-refractivity contribution in [3.8, 4) is 0 Å². The Morgan fingerprint density at radius 3 is 2.82 bits per heavy atom. The van der Waals surface area contributed by atoms with Gasteiger partial charge in [0.05, 0.1) is 16.0 Å². The normalized spacial score (nSPS) is 18.6. The van der Waals surface area contributed by atoms with Gasteiger partial charge in [0.2, 0.25) is 0 Å². The number of pyridine rings is 1. The van der Waals surface area contributed by atoms with Crippen molar-refractivity contribution in [2.75, 3.05) is 5.32 Å². The average Bonchev–Trinajstić information content (AvgIpc) is 2.50. The summed E-state index contributed by atoms with van der Waals surface area (Å²) in [5, 5.41) is 3.10. The molecule has 118 valence electrons. The number of rotatable bonds is 4. The molecule has 0 saturated heterocycles. The lowest BCUT2D eigenvalue weighted by molar-refractivity contribution is -0.157. The molecule has 1 aromatic heterocycles. The molecule has 1 N–H and O–H groups in total. The molecule has 1 heterocycles. The molecule has 0 unspecified atom stereocenters. The summed E-state index contributed by atoms with van der Waals surface area (Å²) in [4.78, 5) is 27.9. The Kier molecular flexibility index (Phi) is 5.80. The Balaban J connectivity index is 1.91. The van der Waals surface area contributed by atoms with Crippen LogP contribution in [0.15, 0.2) is 24.4 Å². The van der Waals surface area contributed by atoms with E-state index in [0.29, 0.717) is 11.4 Å². The van der Waals surface area contributed by atoms with Crippen molar-refractivity contribution in [2.24, 2.45) is 5.92 Å². The van der Waals surface area contributed by atoms with E-state index < -0.39 is 12.0 Å². The van der Waals surface area contributed by atoms with Crippen LogP contribution in [0.3, 0.4) is 0 Å². The number of allylic oxidation sites excluding steroid dienone is 2. The number of ether oxygens (including phenoxy) is 1. The van der Waals surface area contributed by atoms with E-state index in [1.54, 1.807) is 0 Å². The van der Waals surface area contributed by atoms with Crippen LogP contribution >= 0.6 is 23.2 Å². The zero-order valence-corrected chi connectivity index (χ0v) is 13.5. The monoisotopic (exact) mass is 342 g/mol. The first kappa shape index (κ1) is 16.8. The Hall–Kier alpha value is -1.59. The number of esters is 1. The zero-order valence-electron chi connectivity index (χ0n) is 12.0. The molecule has 0 aliphatic heterocycles. The summed E-state index contributed by atoms with van der Waals surface area (Å²) in [7, 11) is 0. The number of amides is 1. The number of anilines is 1. The highest BCUT2D eigenvalue weighted by atomic mass is 35.5. The Morgan fingerprint density at radius 1 is 1.41 bits per heavy atom. The number of nitrogens with zero attached hydrogens (tertiary/aromatic N) is 1. The number of halogens is 2. The summed E-state index contributed by atoms with van der Waals surface area (Å²) >= 11 is 11.7. The van der Waals surface area contributed by atoms with E-state index in [0.717, 1.165) is 12.8 Å². The maximum atomic E-state index is 12.0. The third kappa shape index (κ3) is 4.45. The minimum absolute atomic E-state index is 0.180. The highest BCUT2D eigenvalue weighted by Crippen LogP contribution is 2.23. The van der Waals surface area contributed by atoms with Gasteiger partial charge >= 0.3 is 5.97 Å².